The maximum atomic E-state index is 13.1. The van der Waals surface area contributed by atoms with E-state index in [1.54, 1.807) is 13.0 Å². The first-order chi connectivity index (χ1) is 5.97. The fourth-order valence-electron chi connectivity index (χ4n) is 1.07. The highest BCUT2D eigenvalue weighted by molar-refractivity contribution is 5.49. The Hall–Kier alpha value is -1.12. The molecule has 1 aromatic rings. The predicted octanol–water partition coefficient (Wildman–Crippen LogP) is 3.08. The highest BCUT2D eigenvalue weighted by Crippen LogP contribution is 2.32. The molecular weight excluding hydrogens is 172 g/mol. The van der Waals surface area contributed by atoms with Gasteiger partial charge in [-0.15, -0.1) is 0 Å². The third-order valence-corrected chi connectivity index (χ3v) is 2.15. The van der Waals surface area contributed by atoms with Gasteiger partial charge >= 0.3 is 0 Å². The van der Waals surface area contributed by atoms with Gasteiger partial charge in [-0.25, -0.2) is 8.78 Å². The summed E-state index contributed by atoms with van der Waals surface area (Å²) in [6.07, 6.45) is -0.199. The lowest BCUT2D eigenvalue weighted by atomic mass is 10.0. The lowest BCUT2D eigenvalue weighted by Crippen LogP contribution is -2.11. The van der Waals surface area contributed by atoms with Crippen LogP contribution >= 0.6 is 0 Å². The molecule has 1 rings (SSSR count). The molecule has 0 unspecified atom stereocenters. The molecule has 0 aromatic heterocycles. The standard InChI is InChI=1S/C10H13F2N/c1-3-10(11,12)8-5-4-7(2)9(13)6-8/h4-6H,3,13H2,1-2H3. The van der Waals surface area contributed by atoms with Crippen molar-refractivity contribution in [3.05, 3.63) is 29.3 Å². The summed E-state index contributed by atoms with van der Waals surface area (Å²) >= 11 is 0. The molecule has 13 heavy (non-hydrogen) atoms. The van der Waals surface area contributed by atoms with Crippen molar-refractivity contribution in [2.24, 2.45) is 0 Å². The van der Waals surface area contributed by atoms with Crippen LogP contribution in [0.3, 0.4) is 0 Å². The number of nitrogens with two attached hydrogens (primary N) is 1. The highest BCUT2D eigenvalue weighted by Gasteiger charge is 2.28. The second kappa shape index (κ2) is 3.32. The maximum Gasteiger partial charge on any atom is 0.273 e. The smallest absolute Gasteiger partial charge is 0.273 e. The van der Waals surface area contributed by atoms with E-state index in [-0.39, 0.29) is 12.0 Å². The molecule has 0 heterocycles. The van der Waals surface area contributed by atoms with Crippen LogP contribution in [0.2, 0.25) is 0 Å². The molecule has 1 nitrogen and oxygen atoms in total. The molecule has 0 aliphatic rings. The van der Waals surface area contributed by atoms with Crippen molar-refractivity contribution in [1.29, 1.82) is 0 Å². The number of aryl methyl sites for hydroxylation is 1. The zero-order valence-corrected chi connectivity index (χ0v) is 7.77. The summed E-state index contributed by atoms with van der Waals surface area (Å²) in [6.45, 7) is 3.25. The zero-order valence-electron chi connectivity index (χ0n) is 7.77. The van der Waals surface area contributed by atoms with Gasteiger partial charge in [0.25, 0.3) is 5.92 Å². The van der Waals surface area contributed by atoms with Crippen LogP contribution in [0.5, 0.6) is 0 Å². The number of anilines is 1. The van der Waals surface area contributed by atoms with Crippen LogP contribution in [0.4, 0.5) is 14.5 Å². The van der Waals surface area contributed by atoms with Crippen molar-refractivity contribution in [3.63, 3.8) is 0 Å². The second-order valence-corrected chi connectivity index (χ2v) is 3.13. The first-order valence-electron chi connectivity index (χ1n) is 4.22. The van der Waals surface area contributed by atoms with Gasteiger partial charge in [0.05, 0.1) is 0 Å². The summed E-state index contributed by atoms with van der Waals surface area (Å²) in [7, 11) is 0. The molecule has 3 heteroatoms. The average molecular weight is 185 g/mol. The molecule has 0 atom stereocenters. The molecular formula is C10H13F2N. The average Bonchev–Trinajstić information content (AvgIpc) is 2.09. The van der Waals surface area contributed by atoms with Gasteiger partial charge in [-0.05, 0) is 18.6 Å². The molecule has 0 bridgehead atoms. The quantitative estimate of drug-likeness (QED) is 0.704. The Kier molecular flexibility index (Phi) is 2.55. The van der Waals surface area contributed by atoms with E-state index in [1.165, 1.54) is 19.1 Å². The number of halogens is 2. The Morgan fingerprint density at radius 1 is 1.38 bits per heavy atom. The Labute approximate surface area is 76.6 Å². The summed E-state index contributed by atoms with van der Waals surface area (Å²) in [5, 5.41) is 0. The number of benzene rings is 1. The van der Waals surface area contributed by atoms with E-state index in [9.17, 15) is 8.78 Å². The molecule has 1 aromatic carbocycles. The van der Waals surface area contributed by atoms with Crippen LogP contribution in [-0.2, 0) is 5.92 Å². The minimum Gasteiger partial charge on any atom is -0.399 e. The fourth-order valence-corrected chi connectivity index (χ4v) is 1.07. The molecule has 0 saturated carbocycles. The minimum atomic E-state index is -2.76. The molecule has 0 fully saturated rings. The summed E-state index contributed by atoms with van der Waals surface area (Å²) in [5.74, 6) is -2.76. The lowest BCUT2D eigenvalue weighted by Gasteiger charge is -2.15. The summed E-state index contributed by atoms with van der Waals surface area (Å²) in [4.78, 5) is 0. The molecule has 0 saturated heterocycles. The summed E-state index contributed by atoms with van der Waals surface area (Å²) < 4.78 is 26.3. The van der Waals surface area contributed by atoms with Crippen LogP contribution in [-0.4, -0.2) is 0 Å². The number of hydrogen-bond donors (Lipinski definition) is 1. The molecule has 0 aliphatic heterocycles. The van der Waals surface area contributed by atoms with Crippen LogP contribution < -0.4 is 5.73 Å². The second-order valence-electron chi connectivity index (χ2n) is 3.13. The molecule has 2 N–H and O–H groups in total. The van der Waals surface area contributed by atoms with E-state index >= 15 is 0 Å². The highest BCUT2D eigenvalue weighted by atomic mass is 19.3. The summed E-state index contributed by atoms with van der Waals surface area (Å²) in [5.41, 5.74) is 6.79. The largest absolute Gasteiger partial charge is 0.399 e. The summed E-state index contributed by atoms with van der Waals surface area (Å²) in [6, 6.07) is 4.39. The van der Waals surface area contributed by atoms with E-state index in [4.69, 9.17) is 5.73 Å². The minimum absolute atomic E-state index is 0.00176. The van der Waals surface area contributed by atoms with Gasteiger partial charge in [0.15, 0.2) is 0 Å². The number of hydrogen-bond acceptors (Lipinski definition) is 1. The molecule has 0 amide bonds. The van der Waals surface area contributed by atoms with Crippen molar-refractivity contribution >= 4 is 5.69 Å². The van der Waals surface area contributed by atoms with Crippen molar-refractivity contribution in [3.8, 4) is 0 Å². The Bertz CT molecular complexity index is 308. The van der Waals surface area contributed by atoms with Crippen LogP contribution in [0.1, 0.15) is 24.5 Å². The van der Waals surface area contributed by atoms with E-state index in [0.29, 0.717) is 5.69 Å². The fraction of sp³-hybridized carbons (Fsp3) is 0.400. The normalized spacial score (nSPS) is 11.7. The van der Waals surface area contributed by atoms with E-state index < -0.39 is 5.92 Å². The van der Waals surface area contributed by atoms with Crippen molar-refractivity contribution in [1.82, 2.24) is 0 Å². The maximum absolute atomic E-state index is 13.1. The Morgan fingerprint density at radius 2 is 2.00 bits per heavy atom. The third-order valence-electron chi connectivity index (χ3n) is 2.15. The zero-order chi connectivity index (χ0) is 10.1. The molecule has 0 radical (unpaired) electrons. The van der Waals surface area contributed by atoms with Crippen LogP contribution in [0.25, 0.3) is 0 Å². The van der Waals surface area contributed by atoms with Gasteiger partial charge in [0, 0.05) is 17.7 Å². The third kappa shape index (κ3) is 1.97. The number of alkyl halides is 2. The predicted molar refractivity (Wildman–Crippen MR) is 49.8 cm³/mol. The van der Waals surface area contributed by atoms with Crippen molar-refractivity contribution < 1.29 is 8.78 Å². The molecule has 0 aliphatic carbocycles. The van der Waals surface area contributed by atoms with E-state index in [0.717, 1.165) is 5.56 Å². The van der Waals surface area contributed by atoms with Crippen molar-refractivity contribution in [2.75, 3.05) is 5.73 Å². The van der Waals surface area contributed by atoms with Crippen molar-refractivity contribution in [2.45, 2.75) is 26.2 Å². The molecule has 0 spiro atoms. The van der Waals surface area contributed by atoms with Crippen LogP contribution in [0.15, 0.2) is 18.2 Å². The van der Waals surface area contributed by atoms with Crippen LogP contribution in [0, 0.1) is 6.92 Å². The Morgan fingerprint density at radius 3 is 2.46 bits per heavy atom. The lowest BCUT2D eigenvalue weighted by molar-refractivity contribution is -0.00823. The molecule has 72 valence electrons. The topological polar surface area (TPSA) is 26.0 Å². The number of rotatable bonds is 2. The van der Waals surface area contributed by atoms with E-state index in [2.05, 4.69) is 0 Å². The number of nitrogen functional groups attached to an aromatic ring is 1. The van der Waals surface area contributed by atoms with Gasteiger partial charge in [-0.2, -0.15) is 0 Å². The van der Waals surface area contributed by atoms with Gasteiger partial charge < -0.3 is 5.73 Å². The van der Waals surface area contributed by atoms with Gasteiger partial charge in [-0.1, -0.05) is 19.1 Å². The van der Waals surface area contributed by atoms with Gasteiger partial charge in [0.2, 0.25) is 0 Å². The van der Waals surface area contributed by atoms with Gasteiger partial charge in [0.1, 0.15) is 0 Å². The SMILES string of the molecule is CCC(F)(F)c1ccc(C)c(N)c1. The Balaban J connectivity index is 3.10. The van der Waals surface area contributed by atoms with E-state index in [1.807, 2.05) is 0 Å². The first-order valence-corrected chi connectivity index (χ1v) is 4.22. The first kappa shape index (κ1) is 9.96. The monoisotopic (exact) mass is 185 g/mol. The van der Waals surface area contributed by atoms with Gasteiger partial charge in [-0.3, -0.25) is 0 Å².